The van der Waals surface area contributed by atoms with E-state index in [1.165, 1.54) is 12.1 Å². The van der Waals surface area contributed by atoms with Crippen LogP contribution in [0.25, 0.3) is 0 Å². The Morgan fingerprint density at radius 2 is 1.55 bits per heavy atom. The lowest BCUT2D eigenvalue weighted by Crippen LogP contribution is -2.04. The van der Waals surface area contributed by atoms with Crippen LogP contribution in [-0.2, 0) is 6.18 Å². The molecule has 0 nitrogen and oxygen atoms in total. The predicted octanol–water partition coefficient (Wildman–Crippen LogP) is 4.83. The van der Waals surface area contributed by atoms with E-state index in [2.05, 4.69) is 11.8 Å². The molecular weight excluding hydrogens is 281 g/mol. The van der Waals surface area contributed by atoms with E-state index in [1.807, 2.05) is 30.5 Å². The molecule has 20 heavy (non-hydrogen) atoms. The van der Waals surface area contributed by atoms with E-state index in [-0.39, 0.29) is 0 Å². The zero-order valence-corrected chi connectivity index (χ0v) is 11.5. The lowest BCUT2D eigenvalue weighted by molar-refractivity contribution is -0.137. The summed E-state index contributed by atoms with van der Waals surface area (Å²) in [5.74, 6) is 5.87. The SMILES string of the molecule is CSc1ccccc1C#Cc1ccc(C(F)(F)F)cc1. The average Bonchev–Trinajstić information content (AvgIpc) is 2.45. The second-order valence-electron chi connectivity index (χ2n) is 4.03. The van der Waals surface area contributed by atoms with Crippen LogP contribution in [0.15, 0.2) is 53.4 Å². The fourth-order valence-electron chi connectivity index (χ4n) is 1.63. The van der Waals surface area contributed by atoms with Crippen LogP contribution < -0.4 is 0 Å². The highest BCUT2D eigenvalue weighted by Gasteiger charge is 2.29. The van der Waals surface area contributed by atoms with Gasteiger partial charge in [0.2, 0.25) is 0 Å². The maximum Gasteiger partial charge on any atom is 0.416 e. The van der Waals surface area contributed by atoms with Crippen LogP contribution in [0.5, 0.6) is 0 Å². The molecule has 0 radical (unpaired) electrons. The Hall–Kier alpha value is -1.86. The molecule has 102 valence electrons. The Morgan fingerprint density at radius 1 is 0.900 bits per heavy atom. The second-order valence-corrected chi connectivity index (χ2v) is 4.87. The predicted molar refractivity (Wildman–Crippen MR) is 75.6 cm³/mol. The Kier molecular flexibility index (Phi) is 4.41. The maximum atomic E-state index is 12.4. The zero-order chi connectivity index (χ0) is 14.6. The molecule has 0 aromatic heterocycles. The normalized spacial score (nSPS) is 10.8. The van der Waals surface area contributed by atoms with Crippen molar-refractivity contribution >= 4 is 11.8 Å². The van der Waals surface area contributed by atoms with Crippen LogP contribution in [0, 0.1) is 11.8 Å². The highest BCUT2D eigenvalue weighted by molar-refractivity contribution is 7.98. The summed E-state index contributed by atoms with van der Waals surface area (Å²) in [6, 6.07) is 12.5. The quantitative estimate of drug-likeness (QED) is 0.536. The van der Waals surface area contributed by atoms with E-state index >= 15 is 0 Å². The standard InChI is InChI=1S/C16H11F3S/c1-20-15-5-3-2-4-13(15)9-6-12-7-10-14(11-8-12)16(17,18)19/h2-5,7-8,10-11H,1H3. The minimum absolute atomic E-state index is 0.564. The van der Waals surface area contributed by atoms with Gasteiger partial charge in [-0.2, -0.15) is 13.2 Å². The first-order chi connectivity index (χ1) is 9.50. The van der Waals surface area contributed by atoms with Crippen molar-refractivity contribution in [2.24, 2.45) is 0 Å². The molecule has 0 saturated carbocycles. The van der Waals surface area contributed by atoms with E-state index in [0.717, 1.165) is 22.6 Å². The number of rotatable bonds is 1. The van der Waals surface area contributed by atoms with Crippen LogP contribution in [0.4, 0.5) is 13.2 Å². The van der Waals surface area contributed by atoms with E-state index in [4.69, 9.17) is 0 Å². The fourth-order valence-corrected chi connectivity index (χ4v) is 2.18. The molecule has 0 fully saturated rings. The third kappa shape index (κ3) is 3.58. The maximum absolute atomic E-state index is 12.4. The molecule has 0 atom stereocenters. The fraction of sp³-hybridized carbons (Fsp3) is 0.125. The molecule has 2 aromatic rings. The Labute approximate surface area is 120 Å². The molecule has 0 saturated heterocycles. The van der Waals surface area contributed by atoms with E-state index < -0.39 is 11.7 Å². The Morgan fingerprint density at radius 3 is 2.15 bits per heavy atom. The molecule has 0 bridgehead atoms. The Bertz CT molecular complexity index is 646. The number of alkyl halides is 3. The summed E-state index contributed by atoms with van der Waals surface area (Å²) in [6.45, 7) is 0. The summed E-state index contributed by atoms with van der Waals surface area (Å²) in [7, 11) is 0. The van der Waals surface area contributed by atoms with Gasteiger partial charge in [0.15, 0.2) is 0 Å². The molecule has 4 heteroatoms. The van der Waals surface area contributed by atoms with Crippen molar-refractivity contribution < 1.29 is 13.2 Å². The van der Waals surface area contributed by atoms with Gasteiger partial charge in [-0.1, -0.05) is 24.0 Å². The summed E-state index contributed by atoms with van der Waals surface area (Å²) in [5, 5.41) is 0. The molecular formula is C16H11F3S. The monoisotopic (exact) mass is 292 g/mol. The number of hydrogen-bond donors (Lipinski definition) is 0. The third-order valence-corrected chi connectivity index (χ3v) is 3.46. The van der Waals surface area contributed by atoms with Gasteiger partial charge in [0.1, 0.15) is 0 Å². The smallest absolute Gasteiger partial charge is 0.166 e. The van der Waals surface area contributed by atoms with Gasteiger partial charge in [0.25, 0.3) is 0 Å². The van der Waals surface area contributed by atoms with Crippen molar-refractivity contribution in [1.29, 1.82) is 0 Å². The minimum atomic E-state index is -4.31. The highest BCUT2D eigenvalue weighted by atomic mass is 32.2. The van der Waals surface area contributed by atoms with Crippen molar-refractivity contribution in [2.75, 3.05) is 6.26 Å². The molecule has 0 aliphatic rings. The average molecular weight is 292 g/mol. The molecule has 0 amide bonds. The van der Waals surface area contributed by atoms with Gasteiger partial charge in [-0.25, -0.2) is 0 Å². The van der Waals surface area contributed by atoms with Gasteiger partial charge in [-0.15, -0.1) is 11.8 Å². The van der Waals surface area contributed by atoms with Gasteiger partial charge in [-0.3, -0.25) is 0 Å². The summed E-state index contributed by atoms with van der Waals surface area (Å²) < 4.78 is 37.3. The van der Waals surface area contributed by atoms with E-state index in [1.54, 1.807) is 11.8 Å². The third-order valence-electron chi connectivity index (χ3n) is 2.66. The number of halogens is 3. The lowest BCUT2D eigenvalue weighted by atomic mass is 10.1. The summed E-state index contributed by atoms with van der Waals surface area (Å²) >= 11 is 1.59. The van der Waals surface area contributed by atoms with Gasteiger partial charge in [0, 0.05) is 16.0 Å². The topological polar surface area (TPSA) is 0 Å². The number of thioether (sulfide) groups is 1. The molecule has 2 rings (SSSR count). The molecule has 0 unspecified atom stereocenters. The summed E-state index contributed by atoms with van der Waals surface area (Å²) in [6.07, 6.45) is -2.35. The van der Waals surface area contributed by atoms with Crippen molar-refractivity contribution in [3.8, 4) is 11.8 Å². The van der Waals surface area contributed by atoms with Gasteiger partial charge < -0.3 is 0 Å². The highest BCUT2D eigenvalue weighted by Crippen LogP contribution is 2.29. The van der Waals surface area contributed by atoms with Crippen LogP contribution in [-0.4, -0.2) is 6.26 Å². The zero-order valence-electron chi connectivity index (χ0n) is 10.7. The molecule has 0 spiro atoms. The van der Waals surface area contributed by atoms with Crippen molar-refractivity contribution in [3.63, 3.8) is 0 Å². The van der Waals surface area contributed by atoms with Crippen LogP contribution in [0.2, 0.25) is 0 Å². The number of hydrogen-bond acceptors (Lipinski definition) is 1. The summed E-state index contributed by atoms with van der Waals surface area (Å²) in [5.41, 5.74) is 0.779. The Balaban J connectivity index is 2.25. The molecule has 0 aliphatic heterocycles. The van der Waals surface area contributed by atoms with Gasteiger partial charge in [0.05, 0.1) is 5.56 Å². The molecule has 0 N–H and O–H groups in total. The van der Waals surface area contributed by atoms with E-state index in [0.29, 0.717) is 5.56 Å². The summed E-state index contributed by atoms with van der Waals surface area (Å²) in [4.78, 5) is 1.05. The molecule has 2 aromatic carbocycles. The first kappa shape index (κ1) is 14.5. The van der Waals surface area contributed by atoms with Crippen molar-refractivity contribution in [3.05, 3.63) is 65.2 Å². The van der Waals surface area contributed by atoms with Gasteiger partial charge in [-0.05, 0) is 42.7 Å². The lowest BCUT2D eigenvalue weighted by Gasteiger charge is -2.05. The van der Waals surface area contributed by atoms with Gasteiger partial charge >= 0.3 is 6.18 Å². The van der Waals surface area contributed by atoms with Crippen LogP contribution in [0.3, 0.4) is 0 Å². The first-order valence-corrected chi connectivity index (χ1v) is 7.05. The first-order valence-electron chi connectivity index (χ1n) is 5.83. The molecule has 0 aliphatic carbocycles. The van der Waals surface area contributed by atoms with Crippen molar-refractivity contribution in [2.45, 2.75) is 11.1 Å². The number of benzene rings is 2. The van der Waals surface area contributed by atoms with E-state index in [9.17, 15) is 13.2 Å². The van der Waals surface area contributed by atoms with Crippen molar-refractivity contribution in [1.82, 2.24) is 0 Å². The second kappa shape index (κ2) is 6.06. The van der Waals surface area contributed by atoms with Crippen LogP contribution in [0.1, 0.15) is 16.7 Å². The van der Waals surface area contributed by atoms with Crippen LogP contribution >= 0.6 is 11.8 Å². The minimum Gasteiger partial charge on any atom is -0.166 e. The molecule has 0 heterocycles. The largest absolute Gasteiger partial charge is 0.416 e.